The summed E-state index contributed by atoms with van der Waals surface area (Å²) in [7, 11) is 0. The van der Waals surface area contributed by atoms with E-state index in [1.807, 2.05) is 61.9 Å². The zero-order valence-corrected chi connectivity index (χ0v) is 17.0. The maximum Gasteiger partial charge on any atom is 0.335 e. The van der Waals surface area contributed by atoms with Crippen molar-refractivity contribution in [1.29, 1.82) is 0 Å². The van der Waals surface area contributed by atoms with Gasteiger partial charge in [0.05, 0.1) is 5.69 Å². The SMILES string of the molecule is Cc1ccc(N2C(=O)NC(=O)/C(=C\c3cccn3-c3ccc(C)c(C)c3)C2=O)cc1. The van der Waals surface area contributed by atoms with Gasteiger partial charge in [-0.05, 0) is 74.4 Å². The average molecular weight is 399 g/mol. The summed E-state index contributed by atoms with van der Waals surface area (Å²) in [5, 5.41) is 2.26. The minimum absolute atomic E-state index is 0.0982. The molecule has 0 bridgehead atoms. The van der Waals surface area contributed by atoms with Gasteiger partial charge in [0, 0.05) is 17.6 Å². The first-order chi connectivity index (χ1) is 14.3. The summed E-state index contributed by atoms with van der Waals surface area (Å²) in [6, 6.07) is 15.9. The minimum atomic E-state index is -0.754. The number of hydrogen-bond donors (Lipinski definition) is 1. The fraction of sp³-hybridized carbons (Fsp3) is 0.125. The average Bonchev–Trinajstić information content (AvgIpc) is 3.17. The normalized spacial score (nSPS) is 15.6. The van der Waals surface area contributed by atoms with Crippen LogP contribution < -0.4 is 10.2 Å². The number of carbonyl (C=O) groups excluding carboxylic acids is 3. The van der Waals surface area contributed by atoms with E-state index < -0.39 is 17.8 Å². The number of urea groups is 1. The number of imide groups is 2. The summed E-state index contributed by atoms with van der Waals surface area (Å²) >= 11 is 0. The zero-order valence-electron chi connectivity index (χ0n) is 17.0. The lowest BCUT2D eigenvalue weighted by atomic mass is 10.1. The minimum Gasteiger partial charge on any atom is -0.317 e. The highest BCUT2D eigenvalue weighted by molar-refractivity contribution is 6.39. The van der Waals surface area contributed by atoms with E-state index in [1.165, 1.54) is 11.6 Å². The lowest BCUT2D eigenvalue weighted by Gasteiger charge is -2.26. The van der Waals surface area contributed by atoms with Gasteiger partial charge in [-0.2, -0.15) is 0 Å². The number of rotatable bonds is 3. The quantitative estimate of drug-likeness (QED) is 0.533. The van der Waals surface area contributed by atoms with Crippen molar-refractivity contribution >= 4 is 29.6 Å². The van der Waals surface area contributed by atoms with Gasteiger partial charge in [0.1, 0.15) is 5.57 Å². The molecule has 1 aromatic heterocycles. The van der Waals surface area contributed by atoms with Crippen molar-refractivity contribution in [2.24, 2.45) is 0 Å². The third-order valence-corrected chi connectivity index (χ3v) is 5.24. The van der Waals surface area contributed by atoms with E-state index in [0.717, 1.165) is 21.7 Å². The molecule has 0 radical (unpaired) electrons. The molecule has 1 N–H and O–H groups in total. The maximum atomic E-state index is 13.1. The Labute approximate surface area is 174 Å². The number of barbiturate groups is 1. The first-order valence-electron chi connectivity index (χ1n) is 9.58. The predicted octanol–water partition coefficient (Wildman–Crippen LogP) is 4.07. The van der Waals surface area contributed by atoms with E-state index in [-0.39, 0.29) is 5.57 Å². The van der Waals surface area contributed by atoms with E-state index in [2.05, 4.69) is 5.32 Å². The Morgan fingerprint density at radius 1 is 0.833 bits per heavy atom. The molecule has 6 heteroatoms. The number of carbonyl (C=O) groups is 3. The van der Waals surface area contributed by atoms with Gasteiger partial charge in [0.2, 0.25) is 0 Å². The molecule has 1 aliphatic heterocycles. The van der Waals surface area contributed by atoms with Crippen molar-refractivity contribution in [3.05, 3.63) is 88.8 Å². The van der Waals surface area contributed by atoms with E-state index in [9.17, 15) is 14.4 Å². The number of aromatic nitrogens is 1. The molecule has 0 atom stereocenters. The summed E-state index contributed by atoms with van der Waals surface area (Å²) in [6.07, 6.45) is 3.38. The molecule has 4 rings (SSSR count). The summed E-state index contributed by atoms with van der Waals surface area (Å²) in [4.78, 5) is 38.9. The lowest BCUT2D eigenvalue weighted by Crippen LogP contribution is -2.54. The number of benzene rings is 2. The third kappa shape index (κ3) is 3.43. The number of aryl methyl sites for hydroxylation is 3. The van der Waals surface area contributed by atoms with Crippen LogP contribution in [0.25, 0.3) is 11.8 Å². The highest BCUT2D eigenvalue weighted by atomic mass is 16.2. The Hall–Kier alpha value is -3.93. The Morgan fingerprint density at radius 3 is 2.23 bits per heavy atom. The van der Waals surface area contributed by atoms with Crippen LogP contribution in [0.2, 0.25) is 0 Å². The fourth-order valence-corrected chi connectivity index (χ4v) is 3.36. The van der Waals surface area contributed by atoms with Crippen LogP contribution in [0.3, 0.4) is 0 Å². The van der Waals surface area contributed by atoms with Gasteiger partial charge in [0.15, 0.2) is 0 Å². The van der Waals surface area contributed by atoms with Crippen molar-refractivity contribution in [1.82, 2.24) is 9.88 Å². The number of hydrogen-bond acceptors (Lipinski definition) is 3. The van der Waals surface area contributed by atoms with Gasteiger partial charge in [-0.15, -0.1) is 0 Å². The molecular weight excluding hydrogens is 378 g/mol. The number of nitrogens with one attached hydrogen (secondary N) is 1. The van der Waals surface area contributed by atoms with Gasteiger partial charge in [0.25, 0.3) is 11.8 Å². The second kappa shape index (κ2) is 7.48. The summed E-state index contributed by atoms with van der Waals surface area (Å²) < 4.78 is 1.90. The van der Waals surface area contributed by atoms with Crippen LogP contribution >= 0.6 is 0 Å². The molecule has 30 heavy (non-hydrogen) atoms. The van der Waals surface area contributed by atoms with Crippen LogP contribution in [0.15, 0.2) is 66.4 Å². The molecule has 2 aromatic carbocycles. The summed E-state index contributed by atoms with van der Waals surface area (Å²) in [6.45, 7) is 5.99. The van der Waals surface area contributed by atoms with E-state index in [0.29, 0.717) is 11.4 Å². The van der Waals surface area contributed by atoms with Gasteiger partial charge >= 0.3 is 6.03 Å². The molecular formula is C24H21N3O3. The highest BCUT2D eigenvalue weighted by Crippen LogP contribution is 2.24. The molecule has 1 saturated heterocycles. The van der Waals surface area contributed by atoms with Crippen molar-refractivity contribution in [2.45, 2.75) is 20.8 Å². The van der Waals surface area contributed by atoms with E-state index in [1.54, 1.807) is 24.3 Å². The molecule has 1 aliphatic rings. The van der Waals surface area contributed by atoms with Crippen LogP contribution in [-0.2, 0) is 9.59 Å². The highest BCUT2D eigenvalue weighted by Gasteiger charge is 2.36. The third-order valence-electron chi connectivity index (χ3n) is 5.24. The second-order valence-corrected chi connectivity index (χ2v) is 7.37. The Bertz CT molecular complexity index is 1200. The Kier molecular flexibility index (Phi) is 4.83. The van der Waals surface area contributed by atoms with Crippen LogP contribution in [0.1, 0.15) is 22.4 Å². The summed E-state index contributed by atoms with van der Waals surface area (Å²) in [5.74, 6) is -1.36. The molecule has 0 aliphatic carbocycles. The Balaban J connectivity index is 1.74. The predicted molar refractivity (Wildman–Crippen MR) is 115 cm³/mol. The molecule has 0 spiro atoms. The largest absolute Gasteiger partial charge is 0.335 e. The van der Waals surface area contributed by atoms with E-state index in [4.69, 9.17) is 0 Å². The Morgan fingerprint density at radius 2 is 1.53 bits per heavy atom. The smallest absolute Gasteiger partial charge is 0.317 e. The fourth-order valence-electron chi connectivity index (χ4n) is 3.36. The zero-order chi connectivity index (χ0) is 21.4. The van der Waals surface area contributed by atoms with Gasteiger partial charge in [-0.1, -0.05) is 23.8 Å². The second-order valence-electron chi connectivity index (χ2n) is 7.37. The molecule has 0 saturated carbocycles. The monoisotopic (exact) mass is 399 g/mol. The van der Waals surface area contributed by atoms with Crippen molar-refractivity contribution in [3.8, 4) is 5.69 Å². The number of nitrogens with zero attached hydrogens (tertiary/aromatic N) is 2. The van der Waals surface area contributed by atoms with Crippen molar-refractivity contribution in [2.75, 3.05) is 4.90 Å². The molecule has 1 fully saturated rings. The molecule has 0 unspecified atom stereocenters. The van der Waals surface area contributed by atoms with Crippen LogP contribution in [0.4, 0.5) is 10.5 Å². The van der Waals surface area contributed by atoms with Gasteiger partial charge in [-0.25, -0.2) is 9.69 Å². The molecule has 6 nitrogen and oxygen atoms in total. The number of anilines is 1. The molecule has 2 heterocycles. The first-order valence-corrected chi connectivity index (χ1v) is 9.58. The lowest BCUT2D eigenvalue weighted by molar-refractivity contribution is -0.122. The van der Waals surface area contributed by atoms with Crippen LogP contribution in [0.5, 0.6) is 0 Å². The molecule has 3 aromatic rings. The van der Waals surface area contributed by atoms with Gasteiger partial charge < -0.3 is 4.57 Å². The standard InChI is InChI=1S/C24H21N3O3/c1-15-6-9-18(10-7-15)27-23(29)21(22(28)25-24(27)30)14-19-5-4-12-26(19)20-11-8-16(2)17(3)13-20/h4-14H,1-3H3,(H,25,28,30)/b21-14+. The first kappa shape index (κ1) is 19.4. The summed E-state index contributed by atoms with van der Waals surface area (Å²) in [5.41, 5.74) is 5.22. The van der Waals surface area contributed by atoms with Gasteiger partial charge in [-0.3, -0.25) is 14.9 Å². The molecule has 4 amide bonds. The maximum absolute atomic E-state index is 13.1. The topological polar surface area (TPSA) is 71.4 Å². The number of amides is 4. The van der Waals surface area contributed by atoms with E-state index >= 15 is 0 Å². The van der Waals surface area contributed by atoms with Crippen LogP contribution in [0, 0.1) is 20.8 Å². The van der Waals surface area contributed by atoms with Crippen molar-refractivity contribution in [3.63, 3.8) is 0 Å². The van der Waals surface area contributed by atoms with Crippen molar-refractivity contribution < 1.29 is 14.4 Å². The van der Waals surface area contributed by atoms with Crippen LogP contribution in [-0.4, -0.2) is 22.4 Å². The molecule has 150 valence electrons.